The predicted octanol–water partition coefficient (Wildman–Crippen LogP) is 2.41. The quantitative estimate of drug-likeness (QED) is 0.791. The van der Waals surface area contributed by atoms with Gasteiger partial charge >= 0.3 is 0 Å². The molecule has 0 aliphatic rings. The van der Waals surface area contributed by atoms with Gasteiger partial charge in [-0.3, -0.25) is 4.79 Å². The maximum Gasteiger partial charge on any atom is 0.230 e. The zero-order chi connectivity index (χ0) is 14.0. The largest absolute Gasteiger partial charge is 0.496 e. The molecule has 2 aromatic rings. The normalized spacial score (nSPS) is 10.8. The second kappa shape index (κ2) is 5.22. The molecule has 19 heavy (non-hydrogen) atoms. The summed E-state index contributed by atoms with van der Waals surface area (Å²) in [5.41, 5.74) is 1.54. The molecule has 100 valence electrons. The standard InChI is InChI=1S/C14H17N3O2/c1-9(2)17-14(15-8-16-17)13(18)11-6-5-10(3)12(7-11)19-4/h5-9H,1-4H3. The summed E-state index contributed by atoms with van der Waals surface area (Å²) in [6.45, 7) is 5.85. The van der Waals surface area contributed by atoms with Crippen LogP contribution in [0.1, 0.15) is 41.6 Å². The van der Waals surface area contributed by atoms with E-state index in [-0.39, 0.29) is 11.8 Å². The van der Waals surface area contributed by atoms with Crippen molar-refractivity contribution in [3.63, 3.8) is 0 Å². The number of hydrogen-bond donors (Lipinski definition) is 0. The van der Waals surface area contributed by atoms with Crippen LogP contribution in [0.3, 0.4) is 0 Å². The molecule has 0 saturated heterocycles. The highest BCUT2D eigenvalue weighted by molar-refractivity contribution is 6.06. The highest BCUT2D eigenvalue weighted by atomic mass is 16.5. The number of aromatic nitrogens is 3. The van der Waals surface area contributed by atoms with E-state index in [4.69, 9.17) is 4.74 Å². The fourth-order valence-corrected chi connectivity index (χ4v) is 1.88. The third kappa shape index (κ3) is 2.50. The van der Waals surface area contributed by atoms with Gasteiger partial charge in [-0.2, -0.15) is 5.10 Å². The predicted molar refractivity (Wildman–Crippen MR) is 71.6 cm³/mol. The first-order valence-electron chi connectivity index (χ1n) is 6.13. The Morgan fingerprint density at radius 3 is 2.74 bits per heavy atom. The highest BCUT2D eigenvalue weighted by Crippen LogP contribution is 2.21. The summed E-state index contributed by atoms with van der Waals surface area (Å²) in [5, 5.41) is 4.08. The minimum absolute atomic E-state index is 0.0915. The molecule has 0 bridgehead atoms. The van der Waals surface area contributed by atoms with Crippen LogP contribution in [0.5, 0.6) is 5.75 Å². The van der Waals surface area contributed by atoms with Crippen molar-refractivity contribution < 1.29 is 9.53 Å². The molecule has 0 saturated carbocycles. The van der Waals surface area contributed by atoms with Crippen LogP contribution in [-0.4, -0.2) is 27.7 Å². The van der Waals surface area contributed by atoms with Crippen LogP contribution >= 0.6 is 0 Å². The van der Waals surface area contributed by atoms with Gasteiger partial charge in [-0.1, -0.05) is 12.1 Å². The summed E-state index contributed by atoms with van der Waals surface area (Å²) in [6, 6.07) is 5.47. The molecule has 0 aliphatic carbocycles. The zero-order valence-corrected chi connectivity index (χ0v) is 11.5. The molecule has 0 fully saturated rings. The Balaban J connectivity index is 2.41. The lowest BCUT2D eigenvalue weighted by molar-refractivity contribution is 0.102. The van der Waals surface area contributed by atoms with E-state index in [9.17, 15) is 4.79 Å². The molecule has 5 nitrogen and oxygen atoms in total. The van der Waals surface area contributed by atoms with Crippen molar-refractivity contribution >= 4 is 5.78 Å². The first-order chi connectivity index (χ1) is 9.04. The fraction of sp³-hybridized carbons (Fsp3) is 0.357. The van der Waals surface area contributed by atoms with E-state index in [1.807, 2.05) is 26.8 Å². The molecule has 5 heteroatoms. The third-order valence-corrected chi connectivity index (χ3v) is 2.94. The van der Waals surface area contributed by atoms with Crippen LogP contribution in [0.4, 0.5) is 0 Å². The van der Waals surface area contributed by atoms with Gasteiger partial charge in [0.25, 0.3) is 0 Å². The maximum absolute atomic E-state index is 12.4. The van der Waals surface area contributed by atoms with Crippen molar-refractivity contribution in [2.24, 2.45) is 0 Å². The number of carbonyl (C=O) groups excluding carboxylic acids is 1. The summed E-state index contributed by atoms with van der Waals surface area (Å²) in [5.74, 6) is 0.895. The van der Waals surface area contributed by atoms with Gasteiger partial charge in [0.2, 0.25) is 5.78 Å². The van der Waals surface area contributed by atoms with Gasteiger partial charge in [-0.05, 0) is 32.4 Å². The Labute approximate surface area is 112 Å². The molecule has 1 aromatic heterocycles. The maximum atomic E-state index is 12.4. The van der Waals surface area contributed by atoms with E-state index in [2.05, 4.69) is 10.1 Å². The number of hydrogen-bond acceptors (Lipinski definition) is 4. The molecule has 0 amide bonds. The minimum atomic E-state index is -0.149. The smallest absolute Gasteiger partial charge is 0.230 e. The van der Waals surface area contributed by atoms with Gasteiger partial charge in [0, 0.05) is 11.6 Å². The van der Waals surface area contributed by atoms with Crippen molar-refractivity contribution in [1.82, 2.24) is 14.8 Å². The molecule has 1 heterocycles. The van der Waals surface area contributed by atoms with Crippen molar-refractivity contribution in [3.8, 4) is 5.75 Å². The summed E-state index contributed by atoms with van der Waals surface area (Å²) in [4.78, 5) is 16.5. The summed E-state index contributed by atoms with van der Waals surface area (Å²) in [7, 11) is 1.59. The van der Waals surface area contributed by atoms with Crippen molar-refractivity contribution in [2.45, 2.75) is 26.8 Å². The van der Waals surface area contributed by atoms with Gasteiger partial charge in [0.1, 0.15) is 12.1 Å². The number of carbonyl (C=O) groups is 1. The molecule has 1 aromatic carbocycles. The Bertz CT molecular complexity index is 602. The number of nitrogens with zero attached hydrogens (tertiary/aromatic N) is 3. The van der Waals surface area contributed by atoms with Crippen molar-refractivity contribution in [1.29, 1.82) is 0 Å². The fourth-order valence-electron chi connectivity index (χ4n) is 1.88. The molecule has 0 radical (unpaired) electrons. The van der Waals surface area contributed by atoms with Crippen LogP contribution in [-0.2, 0) is 0 Å². The second-order valence-corrected chi connectivity index (χ2v) is 4.64. The van der Waals surface area contributed by atoms with Crippen molar-refractivity contribution in [3.05, 3.63) is 41.5 Å². The van der Waals surface area contributed by atoms with Crippen LogP contribution < -0.4 is 4.74 Å². The average molecular weight is 259 g/mol. The van der Waals surface area contributed by atoms with Gasteiger partial charge in [-0.15, -0.1) is 0 Å². The Kier molecular flexibility index (Phi) is 3.64. The van der Waals surface area contributed by atoms with E-state index in [1.54, 1.807) is 23.9 Å². The van der Waals surface area contributed by atoms with E-state index >= 15 is 0 Å². The Hall–Kier alpha value is -2.17. The molecule has 0 atom stereocenters. The first-order valence-corrected chi connectivity index (χ1v) is 6.13. The van der Waals surface area contributed by atoms with Gasteiger partial charge in [0.15, 0.2) is 5.82 Å². The van der Waals surface area contributed by atoms with E-state index in [1.165, 1.54) is 6.33 Å². The lowest BCUT2D eigenvalue weighted by Crippen LogP contribution is -2.14. The SMILES string of the molecule is COc1cc(C(=O)c2ncnn2C(C)C)ccc1C. The van der Waals surface area contributed by atoms with E-state index < -0.39 is 0 Å². The Morgan fingerprint density at radius 1 is 1.37 bits per heavy atom. The van der Waals surface area contributed by atoms with Crippen LogP contribution in [0.15, 0.2) is 24.5 Å². The summed E-state index contributed by atoms with van der Waals surface area (Å²) >= 11 is 0. The van der Waals surface area contributed by atoms with Gasteiger partial charge < -0.3 is 4.74 Å². The molecule has 0 spiro atoms. The molecule has 0 aliphatic heterocycles. The third-order valence-electron chi connectivity index (χ3n) is 2.94. The molecule has 0 N–H and O–H groups in total. The summed E-state index contributed by atoms with van der Waals surface area (Å²) in [6.07, 6.45) is 1.40. The first kappa shape index (κ1) is 13.3. The topological polar surface area (TPSA) is 57.0 Å². The lowest BCUT2D eigenvalue weighted by atomic mass is 10.1. The average Bonchev–Trinajstić information content (AvgIpc) is 2.87. The second-order valence-electron chi connectivity index (χ2n) is 4.64. The van der Waals surface area contributed by atoms with Crippen molar-refractivity contribution in [2.75, 3.05) is 7.11 Å². The number of benzene rings is 1. The van der Waals surface area contributed by atoms with Gasteiger partial charge in [-0.25, -0.2) is 9.67 Å². The van der Waals surface area contributed by atoms with E-state index in [0.717, 1.165) is 5.56 Å². The van der Waals surface area contributed by atoms with E-state index in [0.29, 0.717) is 17.1 Å². The number of aryl methyl sites for hydroxylation is 1. The number of rotatable bonds is 4. The Morgan fingerprint density at radius 2 is 2.11 bits per heavy atom. The minimum Gasteiger partial charge on any atom is -0.496 e. The monoisotopic (exact) mass is 259 g/mol. The molecule has 0 unspecified atom stereocenters. The molecular formula is C14H17N3O2. The number of ether oxygens (including phenoxy) is 1. The lowest BCUT2D eigenvalue weighted by Gasteiger charge is -2.10. The highest BCUT2D eigenvalue weighted by Gasteiger charge is 2.18. The summed E-state index contributed by atoms with van der Waals surface area (Å²) < 4.78 is 6.86. The van der Waals surface area contributed by atoms with Crippen LogP contribution in [0.25, 0.3) is 0 Å². The zero-order valence-electron chi connectivity index (χ0n) is 11.5. The number of ketones is 1. The van der Waals surface area contributed by atoms with Gasteiger partial charge in [0.05, 0.1) is 7.11 Å². The van der Waals surface area contributed by atoms with Crippen LogP contribution in [0.2, 0.25) is 0 Å². The number of methoxy groups -OCH3 is 1. The molecule has 2 rings (SSSR count). The molecular weight excluding hydrogens is 242 g/mol. The van der Waals surface area contributed by atoms with Crippen LogP contribution in [0, 0.1) is 6.92 Å².